The van der Waals surface area contributed by atoms with Crippen LogP contribution in [0.2, 0.25) is 0 Å². The molecular weight excluding hydrogens is 274 g/mol. The van der Waals surface area contributed by atoms with Gasteiger partial charge in [0.25, 0.3) is 0 Å². The predicted octanol–water partition coefficient (Wildman–Crippen LogP) is 5.29. The standard InChI is InChI=1S/C19H31NS/c1-18(2,3)12-17(15-9-7-6-8-10-15)20-16-11-19(4,5)14-21-13-16/h6-10,16-17,20H,11-14H2,1-5H3. The summed E-state index contributed by atoms with van der Waals surface area (Å²) in [7, 11) is 0. The van der Waals surface area contributed by atoms with Gasteiger partial charge >= 0.3 is 0 Å². The summed E-state index contributed by atoms with van der Waals surface area (Å²) >= 11 is 2.10. The number of thioether (sulfide) groups is 1. The Morgan fingerprint density at radius 1 is 1.24 bits per heavy atom. The predicted molar refractivity (Wildman–Crippen MR) is 95.9 cm³/mol. The summed E-state index contributed by atoms with van der Waals surface area (Å²) in [5.41, 5.74) is 2.23. The highest BCUT2D eigenvalue weighted by Crippen LogP contribution is 2.36. The third-order valence-corrected chi connectivity index (χ3v) is 5.69. The van der Waals surface area contributed by atoms with Crippen LogP contribution in [0.1, 0.15) is 59.1 Å². The van der Waals surface area contributed by atoms with Crippen LogP contribution in [0.5, 0.6) is 0 Å². The van der Waals surface area contributed by atoms with Gasteiger partial charge in [-0.05, 0) is 35.0 Å². The molecule has 1 fully saturated rings. The lowest BCUT2D eigenvalue weighted by atomic mass is 9.83. The van der Waals surface area contributed by atoms with Gasteiger partial charge in [0.05, 0.1) is 0 Å². The number of hydrogen-bond donors (Lipinski definition) is 1. The van der Waals surface area contributed by atoms with Crippen molar-refractivity contribution in [2.45, 2.75) is 59.5 Å². The molecule has 0 radical (unpaired) electrons. The molecule has 0 aliphatic carbocycles. The molecule has 2 heteroatoms. The van der Waals surface area contributed by atoms with Crippen LogP contribution >= 0.6 is 11.8 Å². The zero-order valence-corrected chi connectivity index (χ0v) is 15.1. The van der Waals surface area contributed by atoms with Gasteiger partial charge in [0.1, 0.15) is 0 Å². The minimum atomic E-state index is 0.338. The van der Waals surface area contributed by atoms with E-state index in [1.165, 1.54) is 29.9 Å². The van der Waals surface area contributed by atoms with Crippen LogP contribution in [0.25, 0.3) is 0 Å². The van der Waals surface area contributed by atoms with Crippen molar-refractivity contribution in [1.82, 2.24) is 5.32 Å². The molecule has 1 saturated heterocycles. The molecule has 1 nitrogen and oxygen atoms in total. The summed E-state index contributed by atoms with van der Waals surface area (Å²) in [6.07, 6.45) is 2.46. The minimum Gasteiger partial charge on any atom is -0.306 e. The second kappa shape index (κ2) is 6.75. The van der Waals surface area contributed by atoms with Gasteiger partial charge in [-0.1, -0.05) is 65.0 Å². The first-order valence-electron chi connectivity index (χ1n) is 8.14. The van der Waals surface area contributed by atoms with Crippen molar-refractivity contribution >= 4 is 11.8 Å². The van der Waals surface area contributed by atoms with E-state index in [9.17, 15) is 0 Å². The first-order chi connectivity index (χ1) is 9.75. The number of nitrogens with one attached hydrogen (secondary N) is 1. The maximum atomic E-state index is 3.96. The van der Waals surface area contributed by atoms with Crippen LogP contribution in [0.15, 0.2) is 30.3 Å². The average molecular weight is 306 g/mol. The first kappa shape index (κ1) is 16.9. The van der Waals surface area contributed by atoms with Crippen molar-refractivity contribution in [3.63, 3.8) is 0 Å². The van der Waals surface area contributed by atoms with E-state index < -0.39 is 0 Å². The lowest BCUT2D eigenvalue weighted by molar-refractivity contribution is 0.259. The van der Waals surface area contributed by atoms with Gasteiger partial charge in [-0.15, -0.1) is 0 Å². The molecule has 1 aliphatic rings. The minimum absolute atomic E-state index is 0.338. The quantitative estimate of drug-likeness (QED) is 0.811. The molecule has 2 atom stereocenters. The highest BCUT2D eigenvalue weighted by atomic mass is 32.2. The van der Waals surface area contributed by atoms with Crippen molar-refractivity contribution < 1.29 is 0 Å². The Hall–Kier alpha value is -0.470. The normalized spacial score (nSPS) is 23.8. The largest absolute Gasteiger partial charge is 0.306 e. The summed E-state index contributed by atoms with van der Waals surface area (Å²) in [4.78, 5) is 0. The Morgan fingerprint density at radius 2 is 1.90 bits per heavy atom. The van der Waals surface area contributed by atoms with Crippen LogP contribution in [-0.2, 0) is 0 Å². The summed E-state index contributed by atoms with van der Waals surface area (Å²) in [5.74, 6) is 2.54. The Morgan fingerprint density at radius 3 is 2.48 bits per heavy atom. The van der Waals surface area contributed by atoms with Gasteiger partial charge in [0.2, 0.25) is 0 Å². The van der Waals surface area contributed by atoms with E-state index in [1.807, 2.05) is 0 Å². The smallest absolute Gasteiger partial charge is 0.0327 e. The Bertz CT molecular complexity index is 433. The molecule has 0 amide bonds. The fourth-order valence-electron chi connectivity index (χ4n) is 3.22. The van der Waals surface area contributed by atoms with E-state index in [0.29, 0.717) is 22.9 Å². The first-order valence-corrected chi connectivity index (χ1v) is 9.29. The molecule has 1 aromatic carbocycles. The maximum Gasteiger partial charge on any atom is 0.0327 e. The number of hydrogen-bond acceptors (Lipinski definition) is 2. The molecule has 2 unspecified atom stereocenters. The molecule has 21 heavy (non-hydrogen) atoms. The molecule has 1 aromatic rings. The lowest BCUT2D eigenvalue weighted by Gasteiger charge is -2.38. The van der Waals surface area contributed by atoms with Gasteiger partial charge < -0.3 is 5.32 Å². The van der Waals surface area contributed by atoms with Gasteiger partial charge in [0.15, 0.2) is 0 Å². The average Bonchev–Trinajstić information content (AvgIpc) is 2.36. The van der Waals surface area contributed by atoms with E-state index in [-0.39, 0.29) is 0 Å². The summed E-state index contributed by atoms with van der Waals surface area (Å²) < 4.78 is 0. The maximum absolute atomic E-state index is 3.96. The van der Waals surface area contributed by atoms with E-state index in [1.54, 1.807) is 0 Å². The zero-order chi connectivity index (χ0) is 15.5. The molecule has 0 bridgehead atoms. The Kier molecular flexibility index (Phi) is 5.43. The van der Waals surface area contributed by atoms with Gasteiger partial charge in [0, 0.05) is 17.8 Å². The SMILES string of the molecule is CC(C)(C)CC(NC1CSCC(C)(C)C1)c1ccccc1. The topological polar surface area (TPSA) is 12.0 Å². The van der Waals surface area contributed by atoms with Gasteiger partial charge in [-0.25, -0.2) is 0 Å². The van der Waals surface area contributed by atoms with Crippen molar-refractivity contribution in [3.05, 3.63) is 35.9 Å². The third-order valence-electron chi connectivity index (χ3n) is 4.07. The molecule has 1 aliphatic heterocycles. The van der Waals surface area contributed by atoms with Crippen LogP contribution < -0.4 is 5.32 Å². The van der Waals surface area contributed by atoms with E-state index in [4.69, 9.17) is 0 Å². The van der Waals surface area contributed by atoms with Gasteiger partial charge in [-0.3, -0.25) is 0 Å². The van der Waals surface area contributed by atoms with E-state index in [2.05, 4.69) is 82.0 Å². The Labute approximate surface area is 135 Å². The van der Waals surface area contributed by atoms with Crippen LogP contribution in [0.4, 0.5) is 0 Å². The zero-order valence-electron chi connectivity index (χ0n) is 14.3. The van der Waals surface area contributed by atoms with Crippen LogP contribution in [0.3, 0.4) is 0 Å². The molecular formula is C19H31NS. The fourth-order valence-corrected chi connectivity index (χ4v) is 4.51. The molecule has 2 rings (SSSR count). The van der Waals surface area contributed by atoms with E-state index in [0.717, 1.165) is 0 Å². The molecule has 0 spiro atoms. The second-order valence-corrected chi connectivity index (χ2v) is 9.51. The molecule has 1 N–H and O–H groups in total. The number of benzene rings is 1. The van der Waals surface area contributed by atoms with Crippen LogP contribution in [-0.4, -0.2) is 17.5 Å². The molecule has 118 valence electrons. The third kappa shape index (κ3) is 5.67. The van der Waals surface area contributed by atoms with Crippen molar-refractivity contribution in [3.8, 4) is 0 Å². The Balaban J connectivity index is 2.09. The second-order valence-electron chi connectivity index (χ2n) is 8.48. The van der Waals surface area contributed by atoms with Crippen molar-refractivity contribution in [2.24, 2.45) is 10.8 Å². The van der Waals surface area contributed by atoms with Gasteiger partial charge in [-0.2, -0.15) is 11.8 Å². The van der Waals surface area contributed by atoms with Crippen molar-refractivity contribution in [2.75, 3.05) is 11.5 Å². The highest BCUT2D eigenvalue weighted by Gasteiger charge is 2.31. The summed E-state index contributed by atoms with van der Waals surface area (Å²) in [6, 6.07) is 12.1. The lowest BCUT2D eigenvalue weighted by Crippen LogP contribution is -2.42. The molecule has 1 heterocycles. The summed E-state index contributed by atoms with van der Waals surface area (Å²) in [6.45, 7) is 11.8. The van der Waals surface area contributed by atoms with Crippen molar-refractivity contribution in [1.29, 1.82) is 0 Å². The molecule has 0 aromatic heterocycles. The van der Waals surface area contributed by atoms with E-state index >= 15 is 0 Å². The highest BCUT2D eigenvalue weighted by molar-refractivity contribution is 7.99. The fraction of sp³-hybridized carbons (Fsp3) is 0.684. The number of rotatable bonds is 4. The monoisotopic (exact) mass is 305 g/mol. The summed E-state index contributed by atoms with van der Waals surface area (Å²) in [5, 5.41) is 3.96. The van der Waals surface area contributed by atoms with Crippen LogP contribution in [0, 0.1) is 10.8 Å². The molecule has 0 saturated carbocycles.